The van der Waals surface area contributed by atoms with Crippen LogP contribution in [0.1, 0.15) is 40.0 Å². The van der Waals surface area contributed by atoms with Crippen molar-refractivity contribution in [3.63, 3.8) is 0 Å². The minimum atomic E-state index is 0.752. The van der Waals surface area contributed by atoms with Crippen LogP contribution in [0.25, 0.3) is 0 Å². The van der Waals surface area contributed by atoms with Gasteiger partial charge in [-0.25, -0.2) is 0 Å². The summed E-state index contributed by atoms with van der Waals surface area (Å²) in [5.41, 5.74) is 1.42. The molecule has 0 amide bonds. The SMILES string of the molecule is CO/C=C/CC(C)CCC=C(C)C. The van der Waals surface area contributed by atoms with E-state index in [0.717, 1.165) is 12.3 Å². The van der Waals surface area contributed by atoms with Gasteiger partial charge in [0.05, 0.1) is 13.4 Å². The molecular weight excluding hydrogens is 160 g/mol. The van der Waals surface area contributed by atoms with E-state index in [-0.39, 0.29) is 0 Å². The number of methoxy groups -OCH3 is 1. The average molecular weight is 182 g/mol. The Bertz CT molecular complexity index is 164. The Kier molecular flexibility index (Phi) is 7.47. The molecule has 0 saturated carbocycles. The van der Waals surface area contributed by atoms with Crippen molar-refractivity contribution >= 4 is 0 Å². The second-order valence-corrected chi connectivity index (χ2v) is 3.81. The zero-order valence-electron chi connectivity index (χ0n) is 9.34. The van der Waals surface area contributed by atoms with Gasteiger partial charge in [0.15, 0.2) is 0 Å². The predicted molar refractivity (Wildman–Crippen MR) is 58.6 cm³/mol. The second kappa shape index (κ2) is 7.90. The molecule has 0 aromatic heterocycles. The van der Waals surface area contributed by atoms with Crippen LogP contribution >= 0.6 is 0 Å². The van der Waals surface area contributed by atoms with Crippen molar-refractivity contribution in [3.05, 3.63) is 24.0 Å². The Hall–Kier alpha value is -0.720. The van der Waals surface area contributed by atoms with Crippen molar-refractivity contribution in [1.29, 1.82) is 0 Å². The lowest BCUT2D eigenvalue weighted by molar-refractivity contribution is 0.335. The molecule has 0 aliphatic rings. The number of hydrogen-bond donors (Lipinski definition) is 0. The molecule has 0 N–H and O–H groups in total. The summed E-state index contributed by atoms with van der Waals surface area (Å²) in [5.74, 6) is 0.752. The number of ether oxygens (including phenoxy) is 1. The van der Waals surface area contributed by atoms with Crippen molar-refractivity contribution in [2.24, 2.45) is 5.92 Å². The monoisotopic (exact) mass is 182 g/mol. The van der Waals surface area contributed by atoms with Gasteiger partial charge >= 0.3 is 0 Å². The maximum atomic E-state index is 4.84. The predicted octanol–water partition coefficient (Wildman–Crippen LogP) is 3.92. The lowest BCUT2D eigenvalue weighted by Gasteiger charge is -2.05. The van der Waals surface area contributed by atoms with Gasteiger partial charge in [-0.3, -0.25) is 0 Å². The molecule has 0 bridgehead atoms. The average Bonchev–Trinajstić information content (AvgIpc) is 2.04. The summed E-state index contributed by atoms with van der Waals surface area (Å²) < 4.78 is 4.84. The Balaban J connectivity index is 3.46. The molecule has 0 radical (unpaired) electrons. The maximum absolute atomic E-state index is 4.84. The molecule has 0 aliphatic carbocycles. The van der Waals surface area contributed by atoms with Crippen molar-refractivity contribution < 1.29 is 4.74 Å². The van der Waals surface area contributed by atoms with E-state index in [2.05, 4.69) is 32.9 Å². The Labute approximate surface area is 82.5 Å². The maximum Gasteiger partial charge on any atom is 0.0784 e. The molecule has 0 spiro atoms. The van der Waals surface area contributed by atoms with E-state index in [4.69, 9.17) is 4.74 Å². The van der Waals surface area contributed by atoms with Gasteiger partial charge in [0.1, 0.15) is 0 Å². The second-order valence-electron chi connectivity index (χ2n) is 3.81. The Morgan fingerprint density at radius 1 is 1.38 bits per heavy atom. The summed E-state index contributed by atoms with van der Waals surface area (Å²) in [4.78, 5) is 0. The van der Waals surface area contributed by atoms with Crippen LogP contribution in [0.2, 0.25) is 0 Å². The lowest BCUT2D eigenvalue weighted by Crippen LogP contribution is -1.91. The van der Waals surface area contributed by atoms with E-state index >= 15 is 0 Å². The van der Waals surface area contributed by atoms with E-state index in [0.29, 0.717) is 0 Å². The Morgan fingerprint density at radius 2 is 2.08 bits per heavy atom. The van der Waals surface area contributed by atoms with Crippen LogP contribution in [-0.2, 0) is 4.74 Å². The topological polar surface area (TPSA) is 9.23 Å². The highest BCUT2D eigenvalue weighted by atomic mass is 16.5. The first-order valence-electron chi connectivity index (χ1n) is 4.98. The molecule has 1 atom stereocenters. The van der Waals surface area contributed by atoms with Crippen LogP contribution in [0.4, 0.5) is 0 Å². The fraction of sp³-hybridized carbons (Fsp3) is 0.667. The summed E-state index contributed by atoms with van der Waals surface area (Å²) >= 11 is 0. The van der Waals surface area contributed by atoms with Gasteiger partial charge in [0.2, 0.25) is 0 Å². The smallest absolute Gasteiger partial charge is 0.0784 e. The molecule has 1 nitrogen and oxygen atoms in total. The normalized spacial score (nSPS) is 12.9. The van der Waals surface area contributed by atoms with Gasteiger partial charge in [-0.15, -0.1) is 0 Å². The third kappa shape index (κ3) is 9.19. The zero-order chi connectivity index (χ0) is 10.1. The molecule has 0 aromatic carbocycles. The van der Waals surface area contributed by atoms with Crippen molar-refractivity contribution in [2.45, 2.75) is 40.0 Å². The molecule has 0 fully saturated rings. The molecule has 1 unspecified atom stereocenters. The Morgan fingerprint density at radius 3 is 2.62 bits per heavy atom. The van der Waals surface area contributed by atoms with Crippen LogP contribution in [0.3, 0.4) is 0 Å². The van der Waals surface area contributed by atoms with Crippen molar-refractivity contribution in [2.75, 3.05) is 7.11 Å². The first-order valence-corrected chi connectivity index (χ1v) is 4.98. The fourth-order valence-corrected chi connectivity index (χ4v) is 1.16. The van der Waals surface area contributed by atoms with Gasteiger partial charge in [-0.05, 0) is 45.1 Å². The summed E-state index contributed by atoms with van der Waals surface area (Å²) in [7, 11) is 1.68. The zero-order valence-corrected chi connectivity index (χ0v) is 9.34. The fourth-order valence-electron chi connectivity index (χ4n) is 1.16. The third-order valence-corrected chi connectivity index (χ3v) is 1.98. The number of rotatable bonds is 6. The molecule has 0 rings (SSSR count). The summed E-state index contributed by atoms with van der Waals surface area (Å²) in [6.45, 7) is 6.57. The quantitative estimate of drug-likeness (QED) is 0.447. The minimum absolute atomic E-state index is 0.752. The van der Waals surface area contributed by atoms with Crippen LogP contribution in [0.15, 0.2) is 24.0 Å². The van der Waals surface area contributed by atoms with E-state index < -0.39 is 0 Å². The van der Waals surface area contributed by atoms with E-state index in [1.807, 2.05) is 0 Å². The molecule has 1 heteroatoms. The molecule has 0 aliphatic heterocycles. The molecule has 13 heavy (non-hydrogen) atoms. The first kappa shape index (κ1) is 12.3. The van der Waals surface area contributed by atoms with Crippen molar-refractivity contribution in [1.82, 2.24) is 0 Å². The molecular formula is C12H22O. The van der Waals surface area contributed by atoms with E-state index in [1.54, 1.807) is 13.4 Å². The van der Waals surface area contributed by atoms with Gasteiger partial charge in [-0.2, -0.15) is 0 Å². The van der Waals surface area contributed by atoms with Crippen LogP contribution in [-0.4, -0.2) is 7.11 Å². The van der Waals surface area contributed by atoms with Gasteiger partial charge in [0.25, 0.3) is 0 Å². The number of allylic oxidation sites excluding steroid dienone is 3. The van der Waals surface area contributed by atoms with Gasteiger partial charge in [0, 0.05) is 0 Å². The summed E-state index contributed by atoms with van der Waals surface area (Å²) in [5, 5.41) is 0. The van der Waals surface area contributed by atoms with Crippen LogP contribution < -0.4 is 0 Å². The lowest BCUT2D eigenvalue weighted by atomic mass is 10.0. The molecule has 0 saturated heterocycles. The van der Waals surface area contributed by atoms with Crippen LogP contribution in [0, 0.1) is 5.92 Å². The van der Waals surface area contributed by atoms with Crippen molar-refractivity contribution in [3.8, 4) is 0 Å². The highest BCUT2D eigenvalue weighted by molar-refractivity contribution is 4.93. The third-order valence-electron chi connectivity index (χ3n) is 1.98. The minimum Gasteiger partial charge on any atom is -0.505 e. The number of hydrogen-bond acceptors (Lipinski definition) is 1. The molecule has 76 valence electrons. The highest BCUT2D eigenvalue weighted by Gasteiger charge is 1.97. The largest absolute Gasteiger partial charge is 0.505 e. The summed E-state index contributed by atoms with van der Waals surface area (Å²) in [6, 6.07) is 0. The first-order chi connectivity index (χ1) is 6.16. The van der Waals surface area contributed by atoms with Gasteiger partial charge in [-0.1, -0.05) is 18.6 Å². The van der Waals surface area contributed by atoms with E-state index in [9.17, 15) is 0 Å². The standard InChI is InChI=1S/C12H22O/c1-11(2)7-5-8-12(3)9-6-10-13-4/h6-7,10,12H,5,8-9H2,1-4H3/b10-6+. The summed E-state index contributed by atoms with van der Waals surface area (Å²) in [6.07, 6.45) is 9.73. The van der Waals surface area contributed by atoms with E-state index in [1.165, 1.54) is 18.4 Å². The van der Waals surface area contributed by atoms with Gasteiger partial charge < -0.3 is 4.74 Å². The van der Waals surface area contributed by atoms with Crippen LogP contribution in [0.5, 0.6) is 0 Å². The highest BCUT2D eigenvalue weighted by Crippen LogP contribution is 2.12. The molecule has 0 aromatic rings. The molecule has 0 heterocycles.